The monoisotopic (exact) mass is 371 g/mol. The molecule has 0 unspecified atom stereocenters. The summed E-state index contributed by atoms with van der Waals surface area (Å²) in [6.45, 7) is 4.50. The maximum Gasteiger partial charge on any atom is 0.433 e. The first-order valence-electron chi connectivity index (χ1n) is 8.06. The zero-order chi connectivity index (χ0) is 19.4. The van der Waals surface area contributed by atoms with E-state index in [1.165, 1.54) is 12.4 Å². The van der Waals surface area contributed by atoms with Crippen molar-refractivity contribution in [2.45, 2.75) is 13.8 Å². The number of nitrogens with zero attached hydrogens (tertiary/aromatic N) is 5. The third kappa shape index (κ3) is 4.26. The number of amides is 1. The third-order valence-corrected chi connectivity index (χ3v) is 3.59. The normalized spacial score (nSPS) is 10.6. The molecular weight excluding hydrogens is 354 g/mol. The van der Waals surface area contributed by atoms with Gasteiger partial charge < -0.3 is 15.1 Å². The second-order valence-corrected chi connectivity index (χ2v) is 5.68. The van der Waals surface area contributed by atoms with Gasteiger partial charge in [-0.1, -0.05) is 0 Å². The Balaban J connectivity index is 1.53. The number of furan rings is 1. The molecule has 0 aliphatic rings. The van der Waals surface area contributed by atoms with Crippen molar-refractivity contribution in [3.8, 4) is 5.82 Å². The van der Waals surface area contributed by atoms with Crippen LogP contribution in [0.1, 0.15) is 21.9 Å². The molecule has 0 aromatic carbocycles. The van der Waals surface area contributed by atoms with E-state index in [1.807, 2.05) is 19.9 Å². The van der Waals surface area contributed by atoms with E-state index in [0.29, 0.717) is 18.2 Å². The quantitative estimate of drug-likeness (QED) is 0.362. The molecule has 1 amide bonds. The van der Waals surface area contributed by atoms with Crippen LogP contribution in [0.25, 0.3) is 5.82 Å². The summed E-state index contributed by atoms with van der Waals surface area (Å²) in [6, 6.07) is 6.08. The highest BCUT2D eigenvalue weighted by Gasteiger charge is 2.16. The van der Waals surface area contributed by atoms with Crippen LogP contribution in [0.15, 0.2) is 35.0 Å². The van der Waals surface area contributed by atoms with E-state index in [1.54, 1.807) is 10.7 Å². The summed E-state index contributed by atoms with van der Waals surface area (Å²) in [5.41, 5.74) is 1.85. The van der Waals surface area contributed by atoms with Crippen molar-refractivity contribution in [3.05, 3.63) is 57.9 Å². The Labute approximate surface area is 153 Å². The summed E-state index contributed by atoms with van der Waals surface area (Å²) >= 11 is 0. The number of rotatable bonds is 7. The fraction of sp³-hybridized carbons (Fsp3) is 0.250. The first-order chi connectivity index (χ1) is 12.9. The predicted octanol–water partition coefficient (Wildman–Crippen LogP) is 1.62. The van der Waals surface area contributed by atoms with Crippen molar-refractivity contribution in [1.82, 2.24) is 25.1 Å². The van der Waals surface area contributed by atoms with Crippen LogP contribution < -0.4 is 10.6 Å². The first kappa shape index (κ1) is 18.0. The SMILES string of the molecule is Cc1cc(C)n(-c2cc(NCCNC(=O)c3ccc([N+](=O)[O-])o3)ncn2)n1. The summed E-state index contributed by atoms with van der Waals surface area (Å²) in [6.07, 6.45) is 1.43. The molecule has 3 rings (SSSR count). The Morgan fingerprint density at radius 2 is 2.07 bits per heavy atom. The highest BCUT2D eigenvalue weighted by atomic mass is 16.6. The zero-order valence-corrected chi connectivity index (χ0v) is 14.7. The Morgan fingerprint density at radius 1 is 1.26 bits per heavy atom. The highest BCUT2D eigenvalue weighted by Crippen LogP contribution is 2.15. The molecule has 0 radical (unpaired) electrons. The lowest BCUT2D eigenvalue weighted by Gasteiger charge is -2.08. The molecule has 0 aliphatic heterocycles. The van der Waals surface area contributed by atoms with Gasteiger partial charge in [0.1, 0.15) is 17.1 Å². The lowest BCUT2D eigenvalue weighted by molar-refractivity contribution is -0.402. The van der Waals surface area contributed by atoms with Crippen LogP contribution in [-0.2, 0) is 0 Å². The van der Waals surface area contributed by atoms with Crippen LogP contribution in [0.3, 0.4) is 0 Å². The third-order valence-electron chi connectivity index (χ3n) is 3.59. The molecule has 0 atom stereocenters. The van der Waals surface area contributed by atoms with Crippen LogP contribution in [-0.4, -0.2) is 43.7 Å². The Morgan fingerprint density at radius 3 is 2.74 bits per heavy atom. The van der Waals surface area contributed by atoms with Crippen LogP contribution in [0.5, 0.6) is 0 Å². The minimum atomic E-state index is -0.701. The van der Waals surface area contributed by atoms with Gasteiger partial charge in [-0.2, -0.15) is 5.10 Å². The van der Waals surface area contributed by atoms with Gasteiger partial charge in [0.05, 0.1) is 11.8 Å². The second-order valence-electron chi connectivity index (χ2n) is 5.68. The largest absolute Gasteiger partial charge is 0.433 e. The number of anilines is 1. The molecule has 0 spiro atoms. The van der Waals surface area contributed by atoms with Crippen molar-refractivity contribution >= 4 is 17.6 Å². The van der Waals surface area contributed by atoms with Crippen LogP contribution in [0.2, 0.25) is 0 Å². The average molecular weight is 371 g/mol. The molecule has 0 bridgehead atoms. The molecule has 2 N–H and O–H groups in total. The van der Waals surface area contributed by atoms with Crippen molar-refractivity contribution in [2.75, 3.05) is 18.4 Å². The topological polar surface area (TPSA) is 141 Å². The van der Waals surface area contributed by atoms with E-state index in [0.717, 1.165) is 17.5 Å². The molecule has 140 valence electrons. The Bertz CT molecular complexity index is 979. The molecule has 3 aromatic rings. The van der Waals surface area contributed by atoms with Crippen LogP contribution in [0, 0.1) is 24.0 Å². The molecule has 11 heteroatoms. The van der Waals surface area contributed by atoms with Gasteiger partial charge in [-0.15, -0.1) is 0 Å². The average Bonchev–Trinajstić information content (AvgIpc) is 3.25. The molecule has 11 nitrogen and oxygen atoms in total. The Hall–Kier alpha value is -3.76. The molecule has 0 saturated carbocycles. The van der Waals surface area contributed by atoms with Gasteiger partial charge in [0.15, 0.2) is 11.6 Å². The number of aryl methyl sites for hydroxylation is 2. The highest BCUT2D eigenvalue weighted by molar-refractivity contribution is 5.91. The van der Waals surface area contributed by atoms with E-state index in [-0.39, 0.29) is 12.3 Å². The van der Waals surface area contributed by atoms with Crippen molar-refractivity contribution in [1.29, 1.82) is 0 Å². The van der Waals surface area contributed by atoms with Gasteiger partial charge in [-0.3, -0.25) is 14.9 Å². The van der Waals surface area contributed by atoms with E-state index in [2.05, 4.69) is 25.7 Å². The maximum absolute atomic E-state index is 11.9. The molecule has 27 heavy (non-hydrogen) atoms. The van der Waals surface area contributed by atoms with Crippen LogP contribution in [0.4, 0.5) is 11.7 Å². The smallest absolute Gasteiger partial charge is 0.395 e. The number of hydrogen-bond donors (Lipinski definition) is 2. The lowest BCUT2D eigenvalue weighted by atomic mass is 10.4. The summed E-state index contributed by atoms with van der Waals surface area (Å²) < 4.78 is 6.55. The molecule has 0 aliphatic carbocycles. The van der Waals surface area contributed by atoms with Gasteiger partial charge >= 0.3 is 5.88 Å². The van der Waals surface area contributed by atoms with Crippen molar-refractivity contribution in [3.63, 3.8) is 0 Å². The maximum atomic E-state index is 11.9. The van der Waals surface area contributed by atoms with Gasteiger partial charge in [-0.05, 0) is 26.0 Å². The standard InChI is InChI=1S/C16H17N7O4/c1-10-7-11(2)22(21-10)14-8-13(19-9-20-14)17-5-6-18-16(24)12-3-4-15(27-12)23(25)26/h3-4,7-9H,5-6H2,1-2H3,(H,18,24)(H,17,19,20). The zero-order valence-electron chi connectivity index (χ0n) is 14.7. The lowest BCUT2D eigenvalue weighted by Crippen LogP contribution is -2.28. The summed E-state index contributed by atoms with van der Waals surface area (Å²) in [4.78, 5) is 30.1. The van der Waals surface area contributed by atoms with Crippen LogP contribution >= 0.6 is 0 Å². The number of nitro groups is 1. The number of carbonyl (C=O) groups is 1. The van der Waals surface area contributed by atoms with E-state index >= 15 is 0 Å². The minimum Gasteiger partial charge on any atom is -0.395 e. The fourth-order valence-electron chi connectivity index (χ4n) is 2.42. The van der Waals surface area contributed by atoms with Gasteiger partial charge in [0.25, 0.3) is 5.91 Å². The first-order valence-corrected chi connectivity index (χ1v) is 8.06. The number of carbonyl (C=O) groups excluding carboxylic acids is 1. The van der Waals surface area contributed by atoms with Crippen molar-refractivity contribution in [2.24, 2.45) is 0 Å². The van der Waals surface area contributed by atoms with Crippen molar-refractivity contribution < 1.29 is 14.1 Å². The molecule has 3 aromatic heterocycles. The van der Waals surface area contributed by atoms with E-state index < -0.39 is 16.7 Å². The fourth-order valence-corrected chi connectivity index (χ4v) is 2.42. The molecule has 0 fully saturated rings. The summed E-state index contributed by atoms with van der Waals surface area (Å²) in [5.74, 6) is 0.0860. The van der Waals surface area contributed by atoms with Gasteiger partial charge in [-0.25, -0.2) is 14.6 Å². The van der Waals surface area contributed by atoms with E-state index in [4.69, 9.17) is 4.42 Å². The summed E-state index contributed by atoms with van der Waals surface area (Å²) in [5, 5.41) is 20.6. The Kier molecular flexibility index (Phi) is 5.11. The van der Waals surface area contributed by atoms with E-state index in [9.17, 15) is 14.9 Å². The van der Waals surface area contributed by atoms with Gasteiger partial charge in [0.2, 0.25) is 0 Å². The van der Waals surface area contributed by atoms with Gasteiger partial charge in [0, 0.05) is 24.8 Å². The number of nitrogens with one attached hydrogen (secondary N) is 2. The molecule has 0 saturated heterocycles. The number of hydrogen-bond acceptors (Lipinski definition) is 8. The summed E-state index contributed by atoms with van der Waals surface area (Å²) in [7, 11) is 0. The predicted molar refractivity (Wildman–Crippen MR) is 94.8 cm³/mol. The second kappa shape index (κ2) is 7.64. The minimum absolute atomic E-state index is 0.115. The number of aromatic nitrogens is 4. The molecular formula is C16H17N7O4. The molecule has 3 heterocycles.